The van der Waals surface area contributed by atoms with E-state index in [1.807, 2.05) is 0 Å². The zero-order valence-corrected chi connectivity index (χ0v) is 15.6. The summed E-state index contributed by atoms with van der Waals surface area (Å²) in [5.41, 5.74) is 1.57. The first-order chi connectivity index (χ1) is 11.7. The Morgan fingerprint density at radius 3 is 2.64 bits per heavy atom. The van der Waals surface area contributed by atoms with Gasteiger partial charge < -0.3 is 10.2 Å². The zero-order valence-electron chi connectivity index (χ0n) is 14.8. The quantitative estimate of drug-likeness (QED) is 0.753. The highest BCUT2D eigenvalue weighted by Gasteiger charge is 2.24. The van der Waals surface area contributed by atoms with Crippen molar-refractivity contribution in [2.75, 3.05) is 24.5 Å². The van der Waals surface area contributed by atoms with E-state index in [4.69, 9.17) is 0 Å². The second-order valence-electron chi connectivity index (χ2n) is 6.57. The average molecular weight is 367 g/mol. The number of carbonyl (C=O) groups excluding carboxylic acids is 2. The number of rotatable bonds is 7. The predicted molar refractivity (Wildman–Crippen MR) is 95.8 cm³/mol. The molecule has 0 unspecified atom stereocenters. The Hall–Kier alpha value is -1.93. The number of hydrogen-bond donors (Lipinski definition) is 2. The minimum Gasteiger partial charge on any atom is -0.355 e. The van der Waals surface area contributed by atoms with Crippen molar-refractivity contribution >= 4 is 27.5 Å². The smallest absolute Gasteiger partial charge is 0.241 e. The molecule has 0 bridgehead atoms. The summed E-state index contributed by atoms with van der Waals surface area (Å²) >= 11 is 0. The van der Waals surface area contributed by atoms with Gasteiger partial charge in [-0.05, 0) is 42.5 Å². The first-order valence-corrected chi connectivity index (χ1v) is 9.86. The third kappa shape index (κ3) is 5.02. The highest BCUT2D eigenvalue weighted by Crippen LogP contribution is 2.30. The van der Waals surface area contributed by atoms with Crippen LogP contribution in [-0.4, -0.2) is 39.9 Å². The number of benzene rings is 1. The molecule has 0 spiro atoms. The maximum Gasteiger partial charge on any atom is 0.241 e. The van der Waals surface area contributed by atoms with Crippen molar-refractivity contribution in [1.29, 1.82) is 0 Å². The molecule has 1 aliphatic heterocycles. The normalized spacial score (nSPS) is 13.8. The van der Waals surface area contributed by atoms with Crippen molar-refractivity contribution in [3.63, 3.8) is 0 Å². The van der Waals surface area contributed by atoms with Gasteiger partial charge >= 0.3 is 0 Å². The summed E-state index contributed by atoms with van der Waals surface area (Å²) in [6, 6.07) is 4.66. The zero-order chi connectivity index (χ0) is 18.6. The lowest BCUT2D eigenvalue weighted by Gasteiger charge is -2.15. The Morgan fingerprint density at radius 1 is 1.28 bits per heavy atom. The molecule has 1 heterocycles. The number of hydrogen-bond acceptors (Lipinski definition) is 4. The molecule has 2 rings (SSSR count). The first-order valence-electron chi connectivity index (χ1n) is 8.38. The average Bonchev–Trinajstić information content (AvgIpc) is 2.96. The molecule has 1 aromatic carbocycles. The Labute approximate surface area is 148 Å². The van der Waals surface area contributed by atoms with Crippen LogP contribution in [-0.2, 0) is 26.0 Å². The van der Waals surface area contributed by atoms with Crippen LogP contribution < -0.4 is 14.9 Å². The number of anilines is 1. The molecule has 7 nitrogen and oxygen atoms in total. The van der Waals surface area contributed by atoms with Gasteiger partial charge in [0, 0.05) is 25.7 Å². The lowest BCUT2D eigenvalue weighted by Crippen LogP contribution is -2.37. The molecule has 0 aromatic heterocycles. The van der Waals surface area contributed by atoms with Gasteiger partial charge in [0.15, 0.2) is 0 Å². The molecule has 0 saturated carbocycles. The van der Waals surface area contributed by atoms with Crippen molar-refractivity contribution in [2.45, 2.75) is 38.5 Å². The van der Waals surface area contributed by atoms with Crippen LogP contribution in [0.3, 0.4) is 0 Å². The fraction of sp³-hybridized carbons (Fsp3) is 0.529. The summed E-state index contributed by atoms with van der Waals surface area (Å²) in [6.07, 6.45) is 1.46. The summed E-state index contributed by atoms with van der Waals surface area (Å²) in [5.74, 6) is 0.0525. The first kappa shape index (κ1) is 19.4. The van der Waals surface area contributed by atoms with E-state index in [9.17, 15) is 18.0 Å². The number of carbonyl (C=O) groups is 2. The molecule has 0 fully saturated rings. The molecular formula is C17H25N3O4S. The van der Waals surface area contributed by atoms with E-state index in [0.29, 0.717) is 25.4 Å². The van der Waals surface area contributed by atoms with Gasteiger partial charge in [-0.15, -0.1) is 0 Å². The molecule has 8 heteroatoms. The molecule has 0 atom stereocenters. The van der Waals surface area contributed by atoms with Crippen LogP contribution >= 0.6 is 0 Å². The standard InChI is InChI=1S/C17H25N3O4S/c1-12(2)6-8-18-17(22)11-19-25(23,24)15-4-5-16-14(10-15)7-9-20(16)13(3)21/h4-5,10,12,19H,6-9,11H2,1-3H3,(H,18,22). The topological polar surface area (TPSA) is 95.6 Å². The van der Waals surface area contributed by atoms with Gasteiger partial charge in [0.25, 0.3) is 0 Å². The van der Waals surface area contributed by atoms with Gasteiger partial charge in [0.05, 0.1) is 11.4 Å². The fourth-order valence-corrected chi connectivity index (χ4v) is 3.71. The molecule has 2 N–H and O–H groups in total. The van der Waals surface area contributed by atoms with Crippen LogP contribution in [0.1, 0.15) is 32.8 Å². The molecular weight excluding hydrogens is 342 g/mol. The van der Waals surface area contributed by atoms with Crippen LogP contribution in [0.25, 0.3) is 0 Å². The SMILES string of the molecule is CC(=O)N1CCc2cc(S(=O)(=O)NCC(=O)NCCC(C)C)ccc21. The van der Waals surface area contributed by atoms with E-state index in [0.717, 1.165) is 17.7 Å². The molecule has 1 aromatic rings. The maximum atomic E-state index is 12.4. The Balaban J connectivity index is 1.99. The summed E-state index contributed by atoms with van der Waals surface area (Å²) in [6.45, 7) is 6.38. The Kier molecular flexibility index (Phi) is 6.18. The van der Waals surface area contributed by atoms with Crippen LogP contribution in [0, 0.1) is 5.92 Å². The summed E-state index contributed by atoms with van der Waals surface area (Å²) in [7, 11) is -3.77. The number of nitrogens with one attached hydrogen (secondary N) is 2. The highest BCUT2D eigenvalue weighted by atomic mass is 32.2. The van der Waals surface area contributed by atoms with E-state index in [1.54, 1.807) is 17.0 Å². The van der Waals surface area contributed by atoms with E-state index in [2.05, 4.69) is 23.9 Å². The van der Waals surface area contributed by atoms with Gasteiger partial charge in [0.2, 0.25) is 21.8 Å². The molecule has 0 saturated heterocycles. The summed E-state index contributed by atoms with van der Waals surface area (Å²) in [5, 5.41) is 2.69. The van der Waals surface area contributed by atoms with Crippen LogP contribution in [0.4, 0.5) is 5.69 Å². The van der Waals surface area contributed by atoms with Crippen molar-refractivity contribution in [1.82, 2.24) is 10.0 Å². The van der Waals surface area contributed by atoms with Crippen molar-refractivity contribution in [2.24, 2.45) is 5.92 Å². The lowest BCUT2D eigenvalue weighted by atomic mass is 10.1. The summed E-state index contributed by atoms with van der Waals surface area (Å²) < 4.78 is 27.0. The fourth-order valence-electron chi connectivity index (χ4n) is 2.68. The Bertz CT molecular complexity index is 759. The molecule has 2 amide bonds. The minimum absolute atomic E-state index is 0.0643. The minimum atomic E-state index is -3.77. The molecule has 138 valence electrons. The van der Waals surface area contributed by atoms with Gasteiger partial charge in [-0.1, -0.05) is 13.8 Å². The van der Waals surface area contributed by atoms with E-state index in [-0.39, 0.29) is 23.3 Å². The van der Waals surface area contributed by atoms with Crippen molar-refractivity contribution in [3.05, 3.63) is 23.8 Å². The van der Waals surface area contributed by atoms with Crippen LogP contribution in [0.15, 0.2) is 23.1 Å². The largest absolute Gasteiger partial charge is 0.355 e. The van der Waals surface area contributed by atoms with Crippen LogP contribution in [0.2, 0.25) is 0 Å². The molecule has 0 aliphatic carbocycles. The van der Waals surface area contributed by atoms with E-state index < -0.39 is 10.0 Å². The van der Waals surface area contributed by atoms with E-state index >= 15 is 0 Å². The second-order valence-corrected chi connectivity index (χ2v) is 8.34. The van der Waals surface area contributed by atoms with Crippen molar-refractivity contribution < 1.29 is 18.0 Å². The number of nitrogens with zero attached hydrogens (tertiary/aromatic N) is 1. The Morgan fingerprint density at radius 2 is 2.00 bits per heavy atom. The second kappa shape index (κ2) is 7.97. The van der Waals surface area contributed by atoms with E-state index in [1.165, 1.54) is 13.0 Å². The predicted octanol–water partition coefficient (Wildman–Crippen LogP) is 1.04. The third-order valence-electron chi connectivity index (χ3n) is 4.10. The monoisotopic (exact) mass is 367 g/mol. The maximum absolute atomic E-state index is 12.4. The van der Waals surface area contributed by atoms with Gasteiger partial charge in [0.1, 0.15) is 0 Å². The highest BCUT2D eigenvalue weighted by molar-refractivity contribution is 7.89. The van der Waals surface area contributed by atoms with Gasteiger partial charge in [-0.3, -0.25) is 9.59 Å². The molecule has 25 heavy (non-hydrogen) atoms. The molecule has 1 aliphatic rings. The van der Waals surface area contributed by atoms with Crippen molar-refractivity contribution in [3.8, 4) is 0 Å². The third-order valence-corrected chi connectivity index (χ3v) is 5.50. The number of fused-ring (bicyclic) bond motifs is 1. The van der Waals surface area contributed by atoms with Gasteiger partial charge in [-0.2, -0.15) is 0 Å². The molecule has 0 radical (unpaired) electrons. The van der Waals surface area contributed by atoms with Crippen LogP contribution in [0.5, 0.6) is 0 Å². The number of sulfonamides is 1. The summed E-state index contributed by atoms with van der Waals surface area (Å²) in [4.78, 5) is 25.0. The van der Waals surface area contributed by atoms with Gasteiger partial charge in [-0.25, -0.2) is 13.1 Å². The lowest BCUT2D eigenvalue weighted by molar-refractivity contribution is -0.120. The number of amides is 2.